The van der Waals surface area contributed by atoms with Gasteiger partial charge in [0.25, 0.3) is 0 Å². The topological polar surface area (TPSA) is 106 Å². The number of anilines is 1. The first-order valence-corrected chi connectivity index (χ1v) is 8.65. The molecular formula is C17H14ClFN8O. The normalized spacial score (nSPS) is 10.9. The van der Waals surface area contributed by atoms with Crippen LogP contribution in [0.5, 0.6) is 0 Å². The van der Waals surface area contributed by atoms with E-state index in [1.54, 1.807) is 24.3 Å². The van der Waals surface area contributed by atoms with Crippen molar-refractivity contribution in [2.24, 2.45) is 0 Å². The molecule has 0 bridgehead atoms. The maximum absolute atomic E-state index is 13.1. The third-order valence-corrected chi connectivity index (χ3v) is 4.14. The lowest BCUT2D eigenvalue weighted by Crippen LogP contribution is -2.21. The molecular weight excluding hydrogens is 387 g/mol. The smallest absolute Gasteiger partial charge is 0.343 e. The van der Waals surface area contributed by atoms with Crippen molar-refractivity contribution in [1.29, 1.82) is 0 Å². The van der Waals surface area contributed by atoms with Crippen molar-refractivity contribution < 1.29 is 4.39 Å². The number of aromatic nitrogens is 7. The van der Waals surface area contributed by atoms with Crippen LogP contribution in [0.4, 0.5) is 10.1 Å². The van der Waals surface area contributed by atoms with Crippen molar-refractivity contribution in [3.05, 3.63) is 81.5 Å². The molecule has 0 aliphatic rings. The highest BCUT2D eigenvalue weighted by atomic mass is 35.5. The van der Waals surface area contributed by atoms with Crippen LogP contribution >= 0.6 is 11.6 Å². The van der Waals surface area contributed by atoms with Gasteiger partial charge in [-0.1, -0.05) is 17.7 Å². The monoisotopic (exact) mass is 400 g/mol. The molecule has 0 fully saturated rings. The average molecular weight is 401 g/mol. The Morgan fingerprint density at radius 3 is 2.79 bits per heavy atom. The van der Waals surface area contributed by atoms with Crippen LogP contribution in [0.25, 0.3) is 5.69 Å². The molecule has 0 aliphatic carbocycles. The van der Waals surface area contributed by atoms with E-state index in [0.29, 0.717) is 28.9 Å². The van der Waals surface area contributed by atoms with Crippen molar-refractivity contribution >= 4 is 17.3 Å². The second-order valence-electron chi connectivity index (χ2n) is 5.88. The summed E-state index contributed by atoms with van der Waals surface area (Å²) < 4.78 is 15.8. The highest BCUT2D eigenvalue weighted by Crippen LogP contribution is 2.15. The van der Waals surface area contributed by atoms with Crippen molar-refractivity contribution in [2.75, 3.05) is 5.32 Å². The summed E-state index contributed by atoms with van der Waals surface area (Å²) in [5, 5.41) is 19.4. The highest BCUT2D eigenvalue weighted by Gasteiger charge is 2.13. The Bertz CT molecular complexity index is 1150. The molecule has 28 heavy (non-hydrogen) atoms. The third kappa shape index (κ3) is 3.91. The standard InChI is InChI=1S/C17H14ClFN8O/c18-11-2-1-3-13(8-11)20-9-15-21-17(28)26(23-15)10-16-22-24-25-27(16)14-6-4-12(19)5-7-14/h1-8,20H,9-10H2,(H,21,23,28). The van der Waals surface area contributed by atoms with Crippen LogP contribution in [0, 0.1) is 5.82 Å². The predicted molar refractivity (Wildman–Crippen MR) is 99.8 cm³/mol. The molecule has 0 unspecified atom stereocenters. The number of halogens is 2. The minimum atomic E-state index is -0.392. The van der Waals surface area contributed by atoms with E-state index < -0.39 is 5.69 Å². The number of hydrogen-bond donors (Lipinski definition) is 2. The fourth-order valence-corrected chi connectivity index (χ4v) is 2.79. The lowest BCUT2D eigenvalue weighted by molar-refractivity contribution is 0.606. The zero-order valence-corrected chi connectivity index (χ0v) is 15.1. The Kier molecular flexibility index (Phi) is 4.85. The maximum Gasteiger partial charge on any atom is 0.343 e. The number of hydrogen-bond acceptors (Lipinski definition) is 6. The molecule has 0 atom stereocenters. The van der Waals surface area contributed by atoms with Crippen LogP contribution < -0.4 is 11.0 Å². The van der Waals surface area contributed by atoms with Gasteiger partial charge in [0.05, 0.1) is 12.2 Å². The zero-order chi connectivity index (χ0) is 19.5. The van der Waals surface area contributed by atoms with E-state index in [1.807, 2.05) is 12.1 Å². The summed E-state index contributed by atoms with van der Waals surface area (Å²) in [5.41, 5.74) is 0.993. The summed E-state index contributed by atoms with van der Waals surface area (Å²) in [7, 11) is 0. The van der Waals surface area contributed by atoms with Gasteiger partial charge in [-0.2, -0.15) is 9.78 Å². The third-order valence-electron chi connectivity index (χ3n) is 3.91. The minimum absolute atomic E-state index is 0.0525. The van der Waals surface area contributed by atoms with E-state index >= 15 is 0 Å². The Hall–Kier alpha value is -3.53. The number of tetrazole rings is 1. The van der Waals surface area contributed by atoms with Crippen molar-refractivity contribution in [2.45, 2.75) is 13.1 Å². The molecule has 0 saturated carbocycles. The molecule has 4 rings (SSSR count). The van der Waals surface area contributed by atoms with E-state index in [-0.39, 0.29) is 12.4 Å². The number of nitrogens with one attached hydrogen (secondary N) is 2. The number of benzene rings is 2. The van der Waals surface area contributed by atoms with Gasteiger partial charge in [0.15, 0.2) is 5.82 Å². The van der Waals surface area contributed by atoms with Gasteiger partial charge in [-0.05, 0) is 52.9 Å². The van der Waals surface area contributed by atoms with Crippen LogP contribution in [-0.2, 0) is 13.1 Å². The first kappa shape index (κ1) is 17.9. The zero-order valence-electron chi connectivity index (χ0n) is 14.4. The number of H-pyrrole nitrogens is 1. The van der Waals surface area contributed by atoms with Crippen LogP contribution in [0.1, 0.15) is 11.6 Å². The average Bonchev–Trinajstić information content (AvgIpc) is 3.28. The lowest BCUT2D eigenvalue weighted by Gasteiger charge is -2.04. The quantitative estimate of drug-likeness (QED) is 0.512. The van der Waals surface area contributed by atoms with Crippen molar-refractivity contribution in [3.63, 3.8) is 0 Å². The van der Waals surface area contributed by atoms with Gasteiger partial charge in [0, 0.05) is 10.7 Å². The molecule has 2 heterocycles. The molecule has 0 spiro atoms. The van der Waals surface area contributed by atoms with Crippen LogP contribution in [0.2, 0.25) is 5.02 Å². The largest absolute Gasteiger partial charge is 0.378 e. The van der Waals surface area contributed by atoms with Gasteiger partial charge >= 0.3 is 5.69 Å². The molecule has 4 aromatic rings. The van der Waals surface area contributed by atoms with Crippen LogP contribution in [0.15, 0.2) is 53.3 Å². The summed E-state index contributed by atoms with van der Waals surface area (Å²) in [4.78, 5) is 14.9. The van der Waals surface area contributed by atoms with Gasteiger partial charge < -0.3 is 5.32 Å². The summed E-state index contributed by atoms with van der Waals surface area (Å²) in [6.45, 7) is 0.363. The van der Waals surface area contributed by atoms with Crippen LogP contribution in [-0.4, -0.2) is 35.0 Å². The minimum Gasteiger partial charge on any atom is -0.378 e. The molecule has 0 aliphatic heterocycles. The molecule has 0 amide bonds. The van der Waals surface area contributed by atoms with Gasteiger partial charge in [-0.3, -0.25) is 4.98 Å². The highest BCUT2D eigenvalue weighted by molar-refractivity contribution is 6.30. The summed E-state index contributed by atoms with van der Waals surface area (Å²) >= 11 is 5.95. The van der Waals surface area contributed by atoms with E-state index in [2.05, 4.69) is 30.9 Å². The van der Waals surface area contributed by atoms with Crippen LogP contribution in [0.3, 0.4) is 0 Å². The number of aromatic amines is 1. The summed E-state index contributed by atoms with van der Waals surface area (Å²) in [5.74, 6) is 0.471. The molecule has 0 saturated heterocycles. The van der Waals surface area contributed by atoms with Gasteiger partial charge in [0.2, 0.25) is 0 Å². The van der Waals surface area contributed by atoms with Gasteiger partial charge in [-0.15, -0.1) is 5.10 Å². The first-order chi connectivity index (χ1) is 13.6. The molecule has 0 radical (unpaired) electrons. The molecule has 9 nitrogen and oxygen atoms in total. The first-order valence-electron chi connectivity index (χ1n) is 8.27. The molecule has 11 heteroatoms. The second-order valence-corrected chi connectivity index (χ2v) is 6.32. The fraction of sp³-hybridized carbons (Fsp3) is 0.118. The van der Waals surface area contributed by atoms with E-state index in [4.69, 9.17) is 11.6 Å². The van der Waals surface area contributed by atoms with E-state index in [0.717, 1.165) is 5.69 Å². The van der Waals surface area contributed by atoms with Crippen molar-refractivity contribution in [3.8, 4) is 5.69 Å². The number of nitrogens with zero attached hydrogens (tertiary/aromatic N) is 6. The SMILES string of the molecule is O=c1[nH]c(CNc2cccc(Cl)c2)nn1Cc1nnnn1-c1ccc(F)cc1. The summed E-state index contributed by atoms with van der Waals surface area (Å²) in [6, 6.07) is 12.9. The predicted octanol–water partition coefficient (Wildman–Crippen LogP) is 2.00. The Labute approximate surface area is 162 Å². The van der Waals surface area contributed by atoms with E-state index in [9.17, 15) is 9.18 Å². The second kappa shape index (κ2) is 7.61. The van der Waals surface area contributed by atoms with Crippen molar-refractivity contribution in [1.82, 2.24) is 35.0 Å². The summed E-state index contributed by atoms with van der Waals surface area (Å²) in [6.07, 6.45) is 0. The van der Waals surface area contributed by atoms with Gasteiger partial charge in [0.1, 0.15) is 18.2 Å². The maximum atomic E-state index is 13.1. The Morgan fingerprint density at radius 2 is 2.00 bits per heavy atom. The van der Waals surface area contributed by atoms with E-state index in [1.165, 1.54) is 21.5 Å². The molecule has 2 aromatic heterocycles. The molecule has 142 valence electrons. The fourth-order valence-electron chi connectivity index (χ4n) is 2.60. The Morgan fingerprint density at radius 1 is 1.18 bits per heavy atom. The number of rotatable bonds is 6. The lowest BCUT2D eigenvalue weighted by atomic mass is 10.3. The Balaban J connectivity index is 1.50. The molecule has 2 N–H and O–H groups in total. The molecule has 2 aromatic carbocycles. The van der Waals surface area contributed by atoms with Gasteiger partial charge in [-0.25, -0.2) is 13.9 Å².